The van der Waals surface area contributed by atoms with Crippen molar-refractivity contribution in [1.29, 1.82) is 0 Å². The average Bonchev–Trinajstić information content (AvgIpc) is 3.09. The summed E-state index contributed by atoms with van der Waals surface area (Å²) in [5, 5.41) is 3.88. The van der Waals surface area contributed by atoms with Gasteiger partial charge in [0.15, 0.2) is 0 Å². The molecule has 4 rings (SSSR count). The van der Waals surface area contributed by atoms with Gasteiger partial charge in [0, 0.05) is 19.1 Å². The number of nitrogens with zero attached hydrogens (tertiary/aromatic N) is 1. The quantitative estimate of drug-likeness (QED) is 0.775. The second-order valence-corrected chi connectivity index (χ2v) is 6.06. The Morgan fingerprint density at radius 3 is 2.79 bits per heavy atom. The Labute approximate surface area is 139 Å². The molecule has 0 amide bonds. The highest BCUT2D eigenvalue weighted by molar-refractivity contribution is 5.78. The van der Waals surface area contributed by atoms with Gasteiger partial charge in [-0.2, -0.15) is 0 Å². The molecular formula is C19H19N3O2. The van der Waals surface area contributed by atoms with Crippen LogP contribution in [0.4, 0.5) is 5.95 Å². The van der Waals surface area contributed by atoms with Crippen molar-refractivity contribution in [3.63, 3.8) is 0 Å². The van der Waals surface area contributed by atoms with Gasteiger partial charge in [0.2, 0.25) is 5.95 Å². The molecule has 1 fully saturated rings. The first kappa shape index (κ1) is 14.9. The Balaban J connectivity index is 1.51. The topological polar surface area (TPSA) is 67.0 Å². The molecule has 2 unspecified atom stereocenters. The summed E-state index contributed by atoms with van der Waals surface area (Å²) in [6.07, 6.45) is 1.08. The third-order valence-electron chi connectivity index (χ3n) is 4.49. The van der Waals surface area contributed by atoms with Crippen molar-refractivity contribution in [1.82, 2.24) is 9.97 Å². The number of hydrogen-bond donors (Lipinski definition) is 2. The van der Waals surface area contributed by atoms with Crippen molar-refractivity contribution in [2.24, 2.45) is 5.92 Å². The molecule has 5 heteroatoms. The molecule has 3 aromatic rings. The van der Waals surface area contributed by atoms with E-state index in [0.29, 0.717) is 29.3 Å². The van der Waals surface area contributed by atoms with Crippen molar-refractivity contribution >= 4 is 16.9 Å². The van der Waals surface area contributed by atoms with Crippen molar-refractivity contribution in [2.45, 2.75) is 12.5 Å². The number of hydrogen-bond acceptors (Lipinski definition) is 4. The number of rotatable bonds is 4. The Hall–Kier alpha value is -2.66. The van der Waals surface area contributed by atoms with E-state index < -0.39 is 0 Å². The minimum Gasteiger partial charge on any atom is -0.373 e. The highest BCUT2D eigenvalue weighted by atomic mass is 16.5. The molecule has 5 nitrogen and oxygen atoms in total. The number of benzene rings is 2. The molecule has 2 heterocycles. The molecule has 0 spiro atoms. The molecule has 2 aromatic carbocycles. The molecule has 0 radical (unpaired) electrons. The zero-order valence-electron chi connectivity index (χ0n) is 13.2. The van der Waals surface area contributed by atoms with E-state index in [1.54, 1.807) is 6.07 Å². The zero-order valence-corrected chi connectivity index (χ0v) is 13.2. The average molecular weight is 321 g/mol. The Bertz CT molecular complexity index is 892. The van der Waals surface area contributed by atoms with Crippen LogP contribution >= 0.6 is 0 Å². The molecule has 1 saturated heterocycles. The van der Waals surface area contributed by atoms with Crippen molar-refractivity contribution in [3.8, 4) is 0 Å². The standard InChI is InChI=1S/C19H19N3O2/c23-18-15-8-4-5-9-16(15)21-19(22-18)20-12-14-10-11-24-17(14)13-6-2-1-3-7-13/h1-9,14,17H,10-12H2,(H2,20,21,22,23). The van der Waals surface area contributed by atoms with Gasteiger partial charge in [-0.3, -0.25) is 9.78 Å². The highest BCUT2D eigenvalue weighted by Gasteiger charge is 2.29. The molecular weight excluding hydrogens is 302 g/mol. The molecule has 2 atom stereocenters. The van der Waals surface area contributed by atoms with E-state index in [-0.39, 0.29) is 11.7 Å². The second-order valence-electron chi connectivity index (χ2n) is 6.06. The lowest BCUT2D eigenvalue weighted by molar-refractivity contribution is 0.0933. The summed E-state index contributed by atoms with van der Waals surface area (Å²) < 4.78 is 5.90. The van der Waals surface area contributed by atoms with Gasteiger partial charge in [0.05, 0.1) is 17.0 Å². The molecule has 122 valence electrons. The number of aromatic amines is 1. The predicted molar refractivity (Wildman–Crippen MR) is 94.1 cm³/mol. The van der Waals surface area contributed by atoms with Crippen molar-refractivity contribution < 1.29 is 4.74 Å². The summed E-state index contributed by atoms with van der Waals surface area (Å²) >= 11 is 0. The van der Waals surface area contributed by atoms with E-state index in [9.17, 15) is 4.79 Å². The number of para-hydroxylation sites is 1. The maximum Gasteiger partial charge on any atom is 0.260 e. The Morgan fingerprint density at radius 1 is 1.12 bits per heavy atom. The lowest BCUT2D eigenvalue weighted by Gasteiger charge is -2.19. The van der Waals surface area contributed by atoms with Gasteiger partial charge in [0.1, 0.15) is 0 Å². The molecule has 1 aliphatic rings. The van der Waals surface area contributed by atoms with Crippen molar-refractivity contribution in [2.75, 3.05) is 18.5 Å². The fourth-order valence-electron chi connectivity index (χ4n) is 3.25. The lowest BCUT2D eigenvalue weighted by atomic mass is 9.95. The number of fused-ring (bicyclic) bond motifs is 1. The number of nitrogens with one attached hydrogen (secondary N) is 2. The summed E-state index contributed by atoms with van der Waals surface area (Å²) in [7, 11) is 0. The van der Waals surface area contributed by atoms with Crippen LogP contribution in [-0.2, 0) is 4.74 Å². The van der Waals surface area contributed by atoms with Gasteiger partial charge in [-0.15, -0.1) is 0 Å². The minimum absolute atomic E-state index is 0.0888. The van der Waals surface area contributed by atoms with E-state index >= 15 is 0 Å². The molecule has 24 heavy (non-hydrogen) atoms. The molecule has 0 saturated carbocycles. The molecule has 0 bridgehead atoms. The smallest absolute Gasteiger partial charge is 0.260 e. The summed E-state index contributed by atoms with van der Waals surface area (Å²) in [5.74, 6) is 0.863. The van der Waals surface area contributed by atoms with Gasteiger partial charge in [-0.05, 0) is 24.1 Å². The van der Waals surface area contributed by atoms with Crippen LogP contribution in [0.3, 0.4) is 0 Å². The largest absolute Gasteiger partial charge is 0.373 e. The van der Waals surface area contributed by atoms with Crippen LogP contribution in [0.15, 0.2) is 59.4 Å². The van der Waals surface area contributed by atoms with E-state index in [1.165, 1.54) is 5.56 Å². The van der Waals surface area contributed by atoms with Gasteiger partial charge < -0.3 is 10.1 Å². The monoisotopic (exact) mass is 321 g/mol. The number of H-pyrrole nitrogens is 1. The van der Waals surface area contributed by atoms with Gasteiger partial charge in [-0.25, -0.2) is 4.98 Å². The van der Waals surface area contributed by atoms with Crippen molar-refractivity contribution in [3.05, 3.63) is 70.5 Å². The van der Waals surface area contributed by atoms with Gasteiger partial charge >= 0.3 is 0 Å². The maximum absolute atomic E-state index is 12.1. The fraction of sp³-hybridized carbons (Fsp3) is 0.263. The molecule has 0 aliphatic carbocycles. The van der Waals surface area contributed by atoms with Crippen LogP contribution in [0.2, 0.25) is 0 Å². The maximum atomic E-state index is 12.1. The first-order valence-corrected chi connectivity index (χ1v) is 8.21. The summed E-state index contributed by atoms with van der Waals surface area (Å²) in [6.45, 7) is 1.47. The Kier molecular flexibility index (Phi) is 4.01. The van der Waals surface area contributed by atoms with Gasteiger partial charge in [0.25, 0.3) is 5.56 Å². The minimum atomic E-state index is -0.120. The molecule has 1 aliphatic heterocycles. The van der Waals surface area contributed by atoms with Crippen LogP contribution < -0.4 is 10.9 Å². The number of aromatic nitrogens is 2. The van der Waals surface area contributed by atoms with E-state index in [0.717, 1.165) is 13.0 Å². The normalized spacial score (nSPS) is 20.3. The first-order valence-electron chi connectivity index (χ1n) is 8.21. The second kappa shape index (κ2) is 6.45. The highest BCUT2D eigenvalue weighted by Crippen LogP contribution is 2.34. The summed E-state index contributed by atoms with van der Waals surface area (Å²) in [5.41, 5.74) is 1.78. The third kappa shape index (κ3) is 2.90. The van der Waals surface area contributed by atoms with Crippen LogP contribution in [0.1, 0.15) is 18.1 Å². The Morgan fingerprint density at radius 2 is 1.92 bits per heavy atom. The van der Waals surface area contributed by atoms with Crippen LogP contribution in [0, 0.1) is 5.92 Å². The number of anilines is 1. The molecule has 2 N–H and O–H groups in total. The first-order chi connectivity index (χ1) is 11.8. The summed E-state index contributed by atoms with van der Waals surface area (Å²) in [4.78, 5) is 19.4. The van der Waals surface area contributed by atoms with E-state index in [1.807, 2.05) is 36.4 Å². The predicted octanol–water partition coefficient (Wildman–Crippen LogP) is 3.11. The SMILES string of the molecule is O=c1[nH]c(NCC2CCOC2c2ccccc2)nc2ccccc12. The third-order valence-corrected chi connectivity index (χ3v) is 4.49. The van der Waals surface area contributed by atoms with Crippen LogP contribution in [-0.4, -0.2) is 23.1 Å². The summed E-state index contributed by atoms with van der Waals surface area (Å²) in [6, 6.07) is 17.6. The number of ether oxygens (including phenoxy) is 1. The fourth-order valence-corrected chi connectivity index (χ4v) is 3.25. The lowest BCUT2D eigenvalue weighted by Crippen LogP contribution is -2.21. The van der Waals surface area contributed by atoms with Crippen LogP contribution in [0.5, 0.6) is 0 Å². The molecule has 1 aromatic heterocycles. The van der Waals surface area contributed by atoms with Crippen LogP contribution in [0.25, 0.3) is 10.9 Å². The van der Waals surface area contributed by atoms with Gasteiger partial charge in [-0.1, -0.05) is 42.5 Å². The zero-order chi connectivity index (χ0) is 16.4. The van der Waals surface area contributed by atoms with E-state index in [4.69, 9.17) is 4.74 Å². The van der Waals surface area contributed by atoms with E-state index in [2.05, 4.69) is 27.4 Å².